The molecule has 1 aromatic rings. The lowest BCUT2D eigenvalue weighted by Gasteiger charge is -2.18. The van der Waals surface area contributed by atoms with E-state index in [0.717, 1.165) is 6.07 Å². The number of likely N-dealkylation sites (N-methyl/N-ethyl adjacent to an activating group) is 1. The van der Waals surface area contributed by atoms with Gasteiger partial charge in [0.25, 0.3) is 0 Å². The van der Waals surface area contributed by atoms with Crippen LogP contribution in [0.2, 0.25) is 0 Å². The summed E-state index contributed by atoms with van der Waals surface area (Å²) in [7, 11) is 1.45. The van der Waals surface area contributed by atoms with Crippen molar-refractivity contribution in [2.24, 2.45) is 5.73 Å². The average Bonchev–Trinajstić information content (AvgIpc) is 2.21. The highest BCUT2D eigenvalue weighted by atomic mass is 19.1. The van der Waals surface area contributed by atoms with E-state index >= 15 is 0 Å². The number of rotatable bonds is 5. The maximum Gasteiger partial charge on any atom is 0.236 e. The molecule has 0 aliphatic carbocycles. The predicted octanol–water partition coefficient (Wildman–Crippen LogP) is 0.713. The number of carbonyl (C=O) groups excluding carboxylic acids is 1. The predicted molar refractivity (Wildman–Crippen MR) is 60.8 cm³/mol. The monoisotopic (exact) mass is 244 g/mol. The van der Waals surface area contributed by atoms with E-state index in [1.54, 1.807) is 6.92 Å². The summed E-state index contributed by atoms with van der Waals surface area (Å²) in [5.74, 6) is -2.42. The number of amides is 1. The van der Waals surface area contributed by atoms with Crippen LogP contribution < -0.4 is 16.0 Å². The first-order valence-electron chi connectivity index (χ1n) is 5.05. The Morgan fingerprint density at radius 3 is 2.71 bits per heavy atom. The number of anilines is 2. The Balaban J connectivity index is 3.06. The van der Waals surface area contributed by atoms with Crippen molar-refractivity contribution in [3.05, 3.63) is 17.7 Å². The maximum absolute atomic E-state index is 13.4. The van der Waals surface area contributed by atoms with Crippen LogP contribution in [0.25, 0.3) is 0 Å². The van der Waals surface area contributed by atoms with Crippen molar-refractivity contribution >= 4 is 17.5 Å². The third-order valence-electron chi connectivity index (χ3n) is 2.01. The lowest BCUT2D eigenvalue weighted by molar-refractivity contribution is -0.116. The van der Waals surface area contributed by atoms with Gasteiger partial charge in [-0.1, -0.05) is 0 Å². The van der Waals surface area contributed by atoms with Gasteiger partial charge in [-0.3, -0.25) is 4.79 Å². The highest BCUT2D eigenvalue weighted by Gasteiger charge is 2.15. The SMILES string of the molecule is CCNc1nc(N(C)CC(N)=O)c(F)cc1F. The van der Waals surface area contributed by atoms with Crippen molar-refractivity contribution < 1.29 is 13.6 Å². The van der Waals surface area contributed by atoms with E-state index in [-0.39, 0.29) is 18.2 Å². The molecule has 0 bridgehead atoms. The molecule has 3 N–H and O–H groups in total. The van der Waals surface area contributed by atoms with Crippen molar-refractivity contribution in [2.45, 2.75) is 6.92 Å². The molecule has 0 aliphatic rings. The normalized spacial score (nSPS) is 10.1. The van der Waals surface area contributed by atoms with Gasteiger partial charge in [0.05, 0.1) is 6.54 Å². The Hall–Kier alpha value is -1.92. The minimum atomic E-state index is -0.840. The molecular weight excluding hydrogens is 230 g/mol. The quantitative estimate of drug-likeness (QED) is 0.800. The number of pyridine rings is 1. The molecule has 1 amide bonds. The average molecular weight is 244 g/mol. The summed E-state index contributed by atoms with van der Waals surface area (Å²) >= 11 is 0. The minimum absolute atomic E-state index is 0.0554. The summed E-state index contributed by atoms with van der Waals surface area (Å²) in [6.07, 6.45) is 0. The Kier molecular flexibility index (Phi) is 4.19. The number of hydrogen-bond acceptors (Lipinski definition) is 4. The molecule has 0 fully saturated rings. The molecule has 0 saturated heterocycles. The van der Waals surface area contributed by atoms with Crippen LogP contribution in [-0.2, 0) is 4.79 Å². The number of primary amides is 1. The van der Waals surface area contributed by atoms with Crippen LogP contribution >= 0.6 is 0 Å². The molecule has 17 heavy (non-hydrogen) atoms. The molecule has 7 heteroatoms. The Morgan fingerprint density at radius 2 is 2.18 bits per heavy atom. The third-order valence-corrected chi connectivity index (χ3v) is 2.01. The largest absolute Gasteiger partial charge is 0.368 e. The molecule has 0 radical (unpaired) electrons. The van der Waals surface area contributed by atoms with Gasteiger partial charge in [-0.15, -0.1) is 0 Å². The zero-order valence-corrected chi connectivity index (χ0v) is 9.63. The molecule has 0 aromatic carbocycles. The second-order valence-electron chi connectivity index (χ2n) is 3.48. The number of aromatic nitrogens is 1. The Morgan fingerprint density at radius 1 is 1.53 bits per heavy atom. The van der Waals surface area contributed by atoms with Crippen LogP contribution in [0, 0.1) is 11.6 Å². The van der Waals surface area contributed by atoms with Gasteiger partial charge in [-0.2, -0.15) is 0 Å². The van der Waals surface area contributed by atoms with E-state index < -0.39 is 17.5 Å². The van der Waals surface area contributed by atoms with E-state index in [9.17, 15) is 13.6 Å². The van der Waals surface area contributed by atoms with Crippen LogP contribution in [0.4, 0.5) is 20.4 Å². The van der Waals surface area contributed by atoms with Crippen LogP contribution in [0.3, 0.4) is 0 Å². The smallest absolute Gasteiger partial charge is 0.236 e. The second-order valence-corrected chi connectivity index (χ2v) is 3.48. The van der Waals surface area contributed by atoms with Gasteiger partial charge in [-0.05, 0) is 6.92 Å². The first kappa shape index (κ1) is 13.1. The van der Waals surface area contributed by atoms with Gasteiger partial charge < -0.3 is 16.0 Å². The summed E-state index contributed by atoms with van der Waals surface area (Å²) in [6.45, 7) is 2.02. The first-order chi connectivity index (χ1) is 7.95. The molecule has 94 valence electrons. The van der Waals surface area contributed by atoms with E-state index in [0.29, 0.717) is 6.54 Å². The van der Waals surface area contributed by atoms with Gasteiger partial charge in [-0.25, -0.2) is 13.8 Å². The fourth-order valence-corrected chi connectivity index (χ4v) is 1.32. The number of nitrogens with one attached hydrogen (secondary N) is 1. The third kappa shape index (κ3) is 3.27. The molecule has 0 unspecified atom stereocenters. The zero-order valence-electron chi connectivity index (χ0n) is 9.63. The number of nitrogens with two attached hydrogens (primary N) is 1. The minimum Gasteiger partial charge on any atom is -0.368 e. The fraction of sp³-hybridized carbons (Fsp3) is 0.400. The standard InChI is InChI=1S/C10H14F2N4O/c1-3-14-9-6(11)4-7(12)10(15-9)16(2)5-8(13)17/h4H,3,5H2,1-2H3,(H2,13,17)(H,14,15). The fourth-order valence-electron chi connectivity index (χ4n) is 1.32. The molecule has 0 saturated carbocycles. The Bertz CT molecular complexity index is 425. The maximum atomic E-state index is 13.4. The zero-order chi connectivity index (χ0) is 13.0. The van der Waals surface area contributed by atoms with Crippen molar-refractivity contribution in [1.82, 2.24) is 4.98 Å². The van der Waals surface area contributed by atoms with Crippen molar-refractivity contribution in [2.75, 3.05) is 30.4 Å². The number of nitrogens with zero attached hydrogens (tertiary/aromatic N) is 2. The second kappa shape index (κ2) is 5.42. The topological polar surface area (TPSA) is 71.2 Å². The summed E-state index contributed by atoms with van der Waals surface area (Å²) in [5, 5.41) is 2.66. The van der Waals surface area contributed by atoms with Gasteiger partial charge in [0.2, 0.25) is 5.91 Å². The van der Waals surface area contributed by atoms with Gasteiger partial charge in [0, 0.05) is 19.7 Å². The van der Waals surface area contributed by atoms with Crippen molar-refractivity contribution in [1.29, 1.82) is 0 Å². The van der Waals surface area contributed by atoms with E-state index in [2.05, 4.69) is 10.3 Å². The lowest BCUT2D eigenvalue weighted by Crippen LogP contribution is -2.31. The van der Waals surface area contributed by atoms with Crippen LogP contribution in [0.1, 0.15) is 6.92 Å². The van der Waals surface area contributed by atoms with Gasteiger partial charge in [0.15, 0.2) is 23.3 Å². The van der Waals surface area contributed by atoms with Gasteiger partial charge in [0.1, 0.15) is 0 Å². The van der Waals surface area contributed by atoms with Gasteiger partial charge >= 0.3 is 0 Å². The summed E-state index contributed by atoms with van der Waals surface area (Å²) < 4.78 is 26.7. The molecule has 0 atom stereocenters. The summed E-state index contributed by atoms with van der Waals surface area (Å²) in [4.78, 5) is 15.7. The summed E-state index contributed by atoms with van der Waals surface area (Å²) in [6, 6.07) is 0.720. The molecule has 5 nitrogen and oxygen atoms in total. The van der Waals surface area contributed by atoms with Crippen molar-refractivity contribution in [3.63, 3.8) is 0 Å². The number of halogens is 2. The molecule has 1 rings (SSSR count). The highest BCUT2D eigenvalue weighted by Crippen LogP contribution is 2.21. The lowest BCUT2D eigenvalue weighted by atomic mass is 10.3. The summed E-state index contributed by atoms with van der Waals surface area (Å²) in [5.41, 5.74) is 4.99. The molecule has 1 aromatic heterocycles. The van der Waals surface area contributed by atoms with E-state index in [1.165, 1.54) is 11.9 Å². The molecular formula is C10H14F2N4O. The van der Waals surface area contributed by atoms with Crippen LogP contribution in [0.15, 0.2) is 6.07 Å². The number of hydrogen-bond donors (Lipinski definition) is 2. The molecule has 0 spiro atoms. The van der Waals surface area contributed by atoms with E-state index in [1.807, 2.05) is 0 Å². The Labute approximate surface area is 97.6 Å². The van der Waals surface area contributed by atoms with Crippen LogP contribution in [-0.4, -0.2) is 31.0 Å². The van der Waals surface area contributed by atoms with Crippen LogP contribution in [0.5, 0.6) is 0 Å². The highest BCUT2D eigenvalue weighted by molar-refractivity contribution is 5.79. The molecule has 1 heterocycles. The van der Waals surface area contributed by atoms with E-state index in [4.69, 9.17) is 5.73 Å². The molecule has 0 aliphatic heterocycles. The van der Waals surface area contributed by atoms with Crippen molar-refractivity contribution in [3.8, 4) is 0 Å². The number of carbonyl (C=O) groups is 1. The first-order valence-corrected chi connectivity index (χ1v) is 5.05.